The molecule has 1 unspecified atom stereocenters. The Labute approximate surface area is 194 Å². The molecular weight excluding hydrogens is 428 g/mol. The minimum Gasteiger partial charge on any atom is -0.486 e. The van der Waals surface area contributed by atoms with Crippen LogP contribution in [0.1, 0.15) is 45.2 Å². The lowest BCUT2D eigenvalue weighted by Crippen LogP contribution is -2.52. The monoisotopic (exact) mass is 458 g/mol. The van der Waals surface area contributed by atoms with Crippen LogP contribution in [0.5, 0.6) is 11.5 Å². The number of amides is 2. The van der Waals surface area contributed by atoms with Crippen LogP contribution in [-0.4, -0.2) is 41.5 Å². The Bertz CT molecular complexity index is 971. The van der Waals surface area contributed by atoms with Crippen molar-refractivity contribution in [2.45, 2.75) is 58.7 Å². The summed E-state index contributed by atoms with van der Waals surface area (Å²) in [6.07, 6.45) is 0.791. The number of hydrogen-bond acceptors (Lipinski definition) is 4. The van der Waals surface area contributed by atoms with Crippen molar-refractivity contribution in [2.75, 3.05) is 13.2 Å². The molecule has 3 rings (SSSR count). The molecule has 1 N–H and O–H groups in total. The van der Waals surface area contributed by atoms with Crippen molar-refractivity contribution in [1.29, 1.82) is 0 Å². The van der Waals surface area contributed by atoms with E-state index < -0.39 is 11.6 Å². The molecule has 172 valence electrons. The third kappa shape index (κ3) is 6.39. The molecule has 0 radical (unpaired) electrons. The number of aryl methyl sites for hydroxylation is 1. The molecule has 1 aliphatic heterocycles. The predicted octanol–water partition coefficient (Wildman–Crippen LogP) is 4.38. The Hall–Kier alpha value is -2.73. The average Bonchev–Trinajstić information content (AvgIpc) is 2.75. The zero-order valence-corrected chi connectivity index (χ0v) is 19.9. The third-order valence-corrected chi connectivity index (χ3v) is 5.57. The van der Waals surface area contributed by atoms with Crippen LogP contribution in [-0.2, 0) is 22.6 Å². The predicted molar refractivity (Wildman–Crippen MR) is 125 cm³/mol. The lowest BCUT2D eigenvalue weighted by molar-refractivity contribution is -0.141. The van der Waals surface area contributed by atoms with Gasteiger partial charge in [-0.15, -0.1) is 0 Å². The smallest absolute Gasteiger partial charge is 0.242 e. The molecule has 2 amide bonds. The van der Waals surface area contributed by atoms with E-state index in [4.69, 9.17) is 21.1 Å². The summed E-state index contributed by atoms with van der Waals surface area (Å²) in [7, 11) is 0. The number of benzene rings is 2. The summed E-state index contributed by atoms with van der Waals surface area (Å²) in [6, 6.07) is 12.5. The fourth-order valence-electron chi connectivity index (χ4n) is 3.50. The van der Waals surface area contributed by atoms with Gasteiger partial charge in [0.15, 0.2) is 11.5 Å². The highest BCUT2D eigenvalue weighted by Crippen LogP contribution is 2.31. The molecule has 7 heteroatoms. The van der Waals surface area contributed by atoms with Gasteiger partial charge in [-0.1, -0.05) is 35.9 Å². The van der Waals surface area contributed by atoms with Crippen molar-refractivity contribution >= 4 is 23.4 Å². The van der Waals surface area contributed by atoms with E-state index in [0.29, 0.717) is 30.4 Å². The number of ether oxygens (including phenoxy) is 2. The Morgan fingerprint density at radius 3 is 2.47 bits per heavy atom. The van der Waals surface area contributed by atoms with E-state index in [-0.39, 0.29) is 24.8 Å². The Morgan fingerprint density at radius 2 is 1.78 bits per heavy atom. The number of nitrogens with zero attached hydrogens (tertiary/aromatic N) is 1. The fraction of sp³-hybridized carbons (Fsp3) is 0.440. The van der Waals surface area contributed by atoms with Crippen molar-refractivity contribution in [3.05, 3.63) is 58.6 Å². The second kappa shape index (κ2) is 10.3. The van der Waals surface area contributed by atoms with Gasteiger partial charge in [-0.2, -0.15) is 0 Å². The van der Waals surface area contributed by atoms with E-state index in [0.717, 1.165) is 16.9 Å². The first kappa shape index (κ1) is 23.9. The van der Waals surface area contributed by atoms with E-state index in [1.54, 1.807) is 17.9 Å². The summed E-state index contributed by atoms with van der Waals surface area (Å²) >= 11 is 6.34. The number of rotatable bonds is 7. The van der Waals surface area contributed by atoms with Crippen LogP contribution in [0.2, 0.25) is 5.02 Å². The molecule has 2 aromatic carbocycles. The van der Waals surface area contributed by atoms with Gasteiger partial charge in [0.25, 0.3) is 0 Å². The molecule has 0 fully saturated rings. The number of fused-ring (bicyclic) bond motifs is 1. The second-order valence-electron chi connectivity index (χ2n) is 9.01. The number of hydrogen-bond donors (Lipinski definition) is 1. The molecular formula is C25H31ClN2O4. The quantitative estimate of drug-likeness (QED) is 0.668. The van der Waals surface area contributed by atoms with E-state index in [2.05, 4.69) is 5.32 Å². The van der Waals surface area contributed by atoms with Gasteiger partial charge in [0.1, 0.15) is 19.3 Å². The molecule has 0 saturated heterocycles. The highest BCUT2D eigenvalue weighted by molar-refractivity contribution is 6.31. The first-order valence-electron chi connectivity index (χ1n) is 10.9. The molecule has 0 spiro atoms. The summed E-state index contributed by atoms with van der Waals surface area (Å²) in [4.78, 5) is 27.7. The van der Waals surface area contributed by atoms with Crippen molar-refractivity contribution in [1.82, 2.24) is 10.2 Å². The Morgan fingerprint density at radius 1 is 1.09 bits per heavy atom. The molecule has 0 bridgehead atoms. The van der Waals surface area contributed by atoms with Crippen LogP contribution in [0.3, 0.4) is 0 Å². The summed E-state index contributed by atoms with van der Waals surface area (Å²) in [5.74, 6) is 1.11. The van der Waals surface area contributed by atoms with Gasteiger partial charge >= 0.3 is 0 Å². The minimum atomic E-state index is -0.640. The molecule has 1 aliphatic rings. The van der Waals surface area contributed by atoms with E-state index in [1.807, 2.05) is 57.2 Å². The third-order valence-electron chi connectivity index (χ3n) is 5.20. The average molecular weight is 459 g/mol. The van der Waals surface area contributed by atoms with Crippen LogP contribution >= 0.6 is 11.6 Å². The molecule has 0 saturated carbocycles. The normalized spacial score (nSPS) is 13.9. The van der Waals surface area contributed by atoms with Crippen LogP contribution in [0, 0.1) is 0 Å². The molecule has 0 aromatic heterocycles. The van der Waals surface area contributed by atoms with Crippen LogP contribution in [0.4, 0.5) is 0 Å². The summed E-state index contributed by atoms with van der Waals surface area (Å²) < 4.78 is 11.2. The van der Waals surface area contributed by atoms with Gasteiger partial charge in [-0.25, -0.2) is 0 Å². The van der Waals surface area contributed by atoms with Crippen LogP contribution in [0.15, 0.2) is 42.5 Å². The largest absolute Gasteiger partial charge is 0.486 e. The first-order chi connectivity index (χ1) is 15.1. The van der Waals surface area contributed by atoms with E-state index in [9.17, 15) is 9.59 Å². The number of nitrogens with one attached hydrogen (secondary N) is 1. The molecule has 32 heavy (non-hydrogen) atoms. The zero-order valence-electron chi connectivity index (χ0n) is 19.1. The van der Waals surface area contributed by atoms with Crippen molar-refractivity contribution in [3.63, 3.8) is 0 Å². The second-order valence-corrected chi connectivity index (χ2v) is 9.41. The maximum absolute atomic E-state index is 13.3. The lowest BCUT2D eigenvalue weighted by atomic mass is 10.1. The van der Waals surface area contributed by atoms with Crippen molar-refractivity contribution < 1.29 is 19.1 Å². The van der Waals surface area contributed by atoms with Gasteiger partial charge < -0.3 is 19.7 Å². The molecule has 6 nitrogen and oxygen atoms in total. The SMILES string of the molecule is CC(C(=O)NC(C)(C)C)N(Cc1ccccc1Cl)C(=O)CCc1ccc2c(c1)OCCO2. The van der Waals surface area contributed by atoms with E-state index in [1.165, 1.54) is 0 Å². The maximum Gasteiger partial charge on any atom is 0.242 e. The van der Waals surface area contributed by atoms with Gasteiger partial charge in [0, 0.05) is 23.5 Å². The molecule has 1 atom stereocenters. The maximum atomic E-state index is 13.3. The van der Waals surface area contributed by atoms with Gasteiger partial charge in [-0.05, 0) is 63.4 Å². The summed E-state index contributed by atoms with van der Waals surface area (Å²) in [5, 5.41) is 3.54. The fourth-order valence-corrected chi connectivity index (χ4v) is 3.70. The standard InChI is InChI=1S/C25H31ClN2O4/c1-17(24(30)27-25(2,3)4)28(16-19-7-5-6-8-20(19)26)23(29)12-10-18-9-11-21-22(15-18)32-14-13-31-21/h5-9,11,15,17H,10,12-14,16H2,1-4H3,(H,27,30). The number of carbonyl (C=O) groups is 2. The summed E-state index contributed by atoms with van der Waals surface area (Å²) in [6.45, 7) is 8.81. The molecule has 0 aliphatic carbocycles. The highest BCUT2D eigenvalue weighted by Gasteiger charge is 2.28. The topological polar surface area (TPSA) is 67.9 Å². The Kier molecular flexibility index (Phi) is 7.67. The van der Waals surface area contributed by atoms with Gasteiger partial charge in [-0.3, -0.25) is 9.59 Å². The van der Waals surface area contributed by atoms with Crippen molar-refractivity contribution in [2.24, 2.45) is 0 Å². The van der Waals surface area contributed by atoms with Gasteiger partial charge in [0.2, 0.25) is 11.8 Å². The zero-order chi connectivity index (χ0) is 23.3. The Balaban J connectivity index is 1.74. The molecule has 1 heterocycles. The van der Waals surface area contributed by atoms with Crippen LogP contribution < -0.4 is 14.8 Å². The molecule has 2 aromatic rings. The lowest BCUT2D eigenvalue weighted by Gasteiger charge is -2.31. The number of halogens is 1. The van der Waals surface area contributed by atoms with Crippen LogP contribution in [0.25, 0.3) is 0 Å². The summed E-state index contributed by atoms with van der Waals surface area (Å²) in [5.41, 5.74) is 1.39. The first-order valence-corrected chi connectivity index (χ1v) is 11.3. The number of carbonyl (C=O) groups excluding carboxylic acids is 2. The highest BCUT2D eigenvalue weighted by atomic mass is 35.5. The van der Waals surface area contributed by atoms with E-state index >= 15 is 0 Å². The minimum absolute atomic E-state index is 0.114. The van der Waals surface area contributed by atoms with Crippen molar-refractivity contribution in [3.8, 4) is 11.5 Å². The van der Waals surface area contributed by atoms with Gasteiger partial charge in [0.05, 0.1) is 0 Å².